The van der Waals surface area contributed by atoms with Crippen molar-refractivity contribution in [1.82, 2.24) is 0 Å². The number of hydrogen-bond donors (Lipinski definition) is 0. The van der Waals surface area contributed by atoms with Crippen molar-refractivity contribution in [2.45, 2.75) is 33.1 Å². The Morgan fingerprint density at radius 2 is 2.00 bits per heavy atom. The molecule has 0 spiro atoms. The van der Waals surface area contributed by atoms with E-state index in [4.69, 9.17) is 0 Å². The fraction of sp³-hybridized carbons (Fsp3) is 0.429. The Balaban J connectivity index is 2.21. The largest absolute Gasteiger partial charge is 0.300 e. The fourth-order valence-electron chi connectivity index (χ4n) is 2.17. The minimum Gasteiger partial charge on any atom is -0.300 e. The van der Waals surface area contributed by atoms with Crippen molar-refractivity contribution in [3.63, 3.8) is 0 Å². The van der Waals surface area contributed by atoms with Crippen LogP contribution in [0.3, 0.4) is 0 Å². The average Bonchev–Trinajstić information content (AvgIpc) is 2.68. The molecule has 0 N–H and O–H groups in total. The Kier molecular flexibility index (Phi) is 2.90. The first-order valence-corrected chi connectivity index (χ1v) is 5.71. The van der Waals surface area contributed by atoms with E-state index in [1.54, 1.807) is 0 Å². The molecule has 1 aromatic carbocycles. The molecule has 1 unspecified atom stereocenters. The predicted molar refractivity (Wildman–Crippen MR) is 62.6 cm³/mol. The van der Waals surface area contributed by atoms with E-state index in [2.05, 4.69) is 0 Å². The molecule has 2 heteroatoms. The number of aryl methyl sites for hydroxylation is 2. The zero-order chi connectivity index (χ0) is 11.7. The maximum absolute atomic E-state index is 12.1. The molecule has 1 aliphatic carbocycles. The maximum Gasteiger partial charge on any atom is 0.166 e. The van der Waals surface area contributed by atoms with Gasteiger partial charge in [-0.1, -0.05) is 12.1 Å². The van der Waals surface area contributed by atoms with Crippen molar-refractivity contribution >= 4 is 11.6 Å². The average molecular weight is 216 g/mol. The number of rotatable bonds is 2. The molecule has 0 heterocycles. The molecule has 0 aromatic heterocycles. The van der Waals surface area contributed by atoms with Crippen LogP contribution in [0.5, 0.6) is 0 Å². The fourth-order valence-corrected chi connectivity index (χ4v) is 2.17. The highest BCUT2D eigenvalue weighted by atomic mass is 16.1. The second kappa shape index (κ2) is 4.20. The molecule has 16 heavy (non-hydrogen) atoms. The second-order valence-corrected chi connectivity index (χ2v) is 4.64. The van der Waals surface area contributed by atoms with Crippen molar-refractivity contribution < 1.29 is 9.59 Å². The molecule has 2 nitrogen and oxygen atoms in total. The summed E-state index contributed by atoms with van der Waals surface area (Å²) in [6.45, 7) is 4.04. The van der Waals surface area contributed by atoms with Crippen LogP contribution in [0.15, 0.2) is 18.2 Å². The van der Waals surface area contributed by atoms with Crippen molar-refractivity contribution in [3.8, 4) is 0 Å². The molecule has 0 bridgehead atoms. The Labute approximate surface area is 95.7 Å². The maximum atomic E-state index is 12.1. The lowest BCUT2D eigenvalue weighted by Gasteiger charge is -2.08. The monoisotopic (exact) mass is 216 g/mol. The van der Waals surface area contributed by atoms with Crippen LogP contribution in [-0.4, -0.2) is 11.6 Å². The first-order chi connectivity index (χ1) is 7.58. The summed E-state index contributed by atoms with van der Waals surface area (Å²) in [4.78, 5) is 23.3. The molecule has 0 saturated heterocycles. The molecule has 0 aliphatic heterocycles. The topological polar surface area (TPSA) is 34.1 Å². The molecule has 0 amide bonds. The Bertz CT molecular complexity index is 446. The van der Waals surface area contributed by atoms with Crippen molar-refractivity contribution in [1.29, 1.82) is 0 Å². The summed E-state index contributed by atoms with van der Waals surface area (Å²) in [5, 5.41) is 0. The van der Waals surface area contributed by atoms with Crippen LogP contribution >= 0.6 is 0 Å². The van der Waals surface area contributed by atoms with Gasteiger partial charge in [-0.25, -0.2) is 0 Å². The van der Waals surface area contributed by atoms with E-state index in [-0.39, 0.29) is 17.5 Å². The van der Waals surface area contributed by atoms with Crippen molar-refractivity contribution in [3.05, 3.63) is 34.9 Å². The van der Waals surface area contributed by atoms with Gasteiger partial charge in [0.15, 0.2) is 5.78 Å². The van der Waals surface area contributed by atoms with E-state index in [9.17, 15) is 9.59 Å². The van der Waals surface area contributed by atoms with Gasteiger partial charge in [-0.05, 0) is 37.5 Å². The zero-order valence-corrected chi connectivity index (χ0v) is 9.75. The summed E-state index contributed by atoms with van der Waals surface area (Å²) in [6.07, 6.45) is 1.73. The third kappa shape index (κ3) is 2.06. The van der Waals surface area contributed by atoms with Crippen LogP contribution in [0.1, 0.15) is 40.7 Å². The smallest absolute Gasteiger partial charge is 0.166 e. The van der Waals surface area contributed by atoms with Crippen LogP contribution < -0.4 is 0 Å². The highest BCUT2D eigenvalue weighted by molar-refractivity contribution is 6.01. The van der Waals surface area contributed by atoms with E-state index >= 15 is 0 Å². The van der Waals surface area contributed by atoms with Gasteiger partial charge in [0, 0.05) is 24.3 Å². The molecule has 2 rings (SSSR count). The van der Waals surface area contributed by atoms with E-state index in [0.29, 0.717) is 12.8 Å². The highest BCUT2D eigenvalue weighted by Crippen LogP contribution is 2.26. The summed E-state index contributed by atoms with van der Waals surface area (Å²) in [7, 11) is 0. The van der Waals surface area contributed by atoms with Crippen molar-refractivity contribution in [2.75, 3.05) is 0 Å². The van der Waals surface area contributed by atoms with Gasteiger partial charge in [0.2, 0.25) is 0 Å². The molecule has 1 fully saturated rings. The number of Topliss-reactive ketones (excluding diaryl/α,β-unsaturated/α-hetero) is 2. The predicted octanol–water partition coefficient (Wildman–Crippen LogP) is 2.86. The lowest BCUT2D eigenvalue weighted by Crippen LogP contribution is -2.12. The molecular formula is C14H16O2. The number of ketones is 2. The van der Waals surface area contributed by atoms with Crippen LogP contribution in [0, 0.1) is 19.8 Å². The summed E-state index contributed by atoms with van der Waals surface area (Å²) < 4.78 is 0. The summed E-state index contributed by atoms with van der Waals surface area (Å²) in [5.74, 6) is 0.283. The van der Waals surface area contributed by atoms with Gasteiger partial charge in [0.1, 0.15) is 5.78 Å². The van der Waals surface area contributed by atoms with Crippen LogP contribution in [0.25, 0.3) is 0 Å². The SMILES string of the molecule is Cc1ccc(C(=O)C2CCC(=O)C2)cc1C. The van der Waals surface area contributed by atoms with Crippen LogP contribution in [-0.2, 0) is 4.79 Å². The van der Waals surface area contributed by atoms with Gasteiger partial charge in [0.05, 0.1) is 0 Å². The first-order valence-electron chi connectivity index (χ1n) is 5.71. The lowest BCUT2D eigenvalue weighted by atomic mass is 9.94. The molecule has 84 valence electrons. The molecule has 1 aliphatic rings. The van der Waals surface area contributed by atoms with Gasteiger partial charge in [-0.2, -0.15) is 0 Å². The Morgan fingerprint density at radius 1 is 1.25 bits per heavy atom. The lowest BCUT2D eigenvalue weighted by molar-refractivity contribution is -0.117. The second-order valence-electron chi connectivity index (χ2n) is 4.64. The van der Waals surface area contributed by atoms with Gasteiger partial charge in [-0.15, -0.1) is 0 Å². The molecular weight excluding hydrogens is 200 g/mol. The van der Waals surface area contributed by atoms with E-state index < -0.39 is 0 Å². The third-order valence-corrected chi connectivity index (χ3v) is 3.41. The van der Waals surface area contributed by atoms with Crippen LogP contribution in [0.4, 0.5) is 0 Å². The minimum atomic E-state index is -0.0744. The normalized spacial score (nSPS) is 20.1. The standard InChI is InChI=1S/C14H16O2/c1-9-3-4-11(7-10(9)2)14(16)12-5-6-13(15)8-12/h3-4,7,12H,5-6,8H2,1-2H3. The Hall–Kier alpha value is -1.44. The van der Waals surface area contributed by atoms with E-state index in [1.807, 2.05) is 32.0 Å². The molecule has 0 radical (unpaired) electrons. The van der Waals surface area contributed by atoms with Gasteiger partial charge in [-0.3, -0.25) is 9.59 Å². The van der Waals surface area contributed by atoms with Crippen molar-refractivity contribution in [2.24, 2.45) is 5.92 Å². The van der Waals surface area contributed by atoms with E-state index in [0.717, 1.165) is 17.5 Å². The van der Waals surface area contributed by atoms with Crippen LogP contribution in [0.2, 0.25) is 0 Å². The quantitative estimate of drug-likeness (QED) is 0.712. The van der Waals surface area contributed by atoms with Gasteiger partial charge in [0.25, 0.3) is 0 Å². The summed E-state index contributed by atoms with van der Waals surface area (Å²) >= 11 is 0. The first kappa shape index (κ1) is 11.1. The minimum absolute atomic E-state index is 0.0744. The third-order valence-electron chi connectivity index (χ3n) is 3.41. The molecule has 1 saturated carbocycles. The van der Waals surface area contributed by atoms with Gasteiger partial charge >= 0.3 is 0 Å². The molecule has 1 aromatic rings. The number of carbonyl (C=O) groups excluding carboxylic acids is 2. The highest BCUT2D eigenvalue weighted by Gasteiger charge is 2.28. The number of hydrogen-bond acceptors (Lipinski definition) is 2. The molecule has 1 atom stereocenters. The number of benzene rings is 1. The summed E-state index contributed by atoms with van der Waals surface area (Å²) in [5.41, 5.74) is 3.08. The van der Waals surface area contributed by atoms with E-state index in [1.165, 1.54) is 5.56 Å². The summed E-state index contributed by atoms with van der Waals surface area (Å²) in [6, 6.07) is 5.77. The Morgan fingerprint density at radius 3 is 2.56 bits per heavy atom. The van der Waals surface area contributed by atoms with Gasteiger partial charge < -0.3 is 0 Å². The zero-order valence-electron chi connectivity index (χ0n) is 9.75. The number of carbonyl (C=O) groups is 2.